The Morgan fingerprint density at radius 1 is 1.42 bits per heavy atom. The normalized spacial score (nSPS) is 11.0. The second kappa shape index (κ2) is 5.37. The zero-order chi connectivity index (χ0) is 13.9. The van der Waals surface area contributed by atoms with Crippen LogP contribution in [0.4, 0.5) is 5.13 Å². The first-order chi connectivity index (χ1) is 8.94. The van der Waals surface area contributed by atoms with Crippen molar-refractivity contribution >= 4 is 32.5 Å². The molecule has 8 heteroatoms. The Morgan fingerprint density at radius 2 is 2.21 bits per heavy atom. The Labute approximate surface area is 114 Å². The Morgan fingerprint density at radius 3 is 2.84 bits per heavy atom. The number of rotatable bonds is 4. The molecule has 0 saturated heterocycles. The van der Waals surface area contributed by atoms with Gasteiger partial charge in [-0.15, -0.1) is 11.3 Å². The van der Waals surface area contributed by atoms with E-state index in [-0.39, 0.29) is 17.2 Å². The van der Waals surface area contributed by atoms with Gasteiger partial charge < -0.3 is 4.18 Å². The minimum absolute atomic E-state index is 0.0919. The van der Waals surface area contributed by atoms with E-state index in [2.05, 4.69) is 10.3 Å². The lowest BCUT2D eigenvalue weighted by Gasteiger charge is -2.05. The summed E-state index contributed by atoms with van der Waals surface area (Å²) in [7, 11) is -3.61. The summed E-state index contributed by atoms with van der Waals surface area (Å²) in [6, 6.07) is 5.90. The number of aromatic nitrogens is 1. The number of carbonyl (C=O) groups is 1. The van der Waals surface area contributed by atoms with E-state index < -0.39 is 10.1 Å². The van der Waals surface area contributed by atoms with Crippen LogP contribution in [0.3, 0.4) is 0 Å². The predicted octanol–water partition coefficient (Wildman–Crippen LogP) is 1.73. The van der Waals surface area contributed by atoms with E-state index >= 15 is 0 Å². The van der Waals surface area contributed by atoms with Crippen molar-refractivity contribution < 1.29 is 17.4 Å². The molecule has 0 fully saturated rings. The van der Waals surface area contributed by atoms with Gasteiger partial charge in [0.15, 0.2) is 5.13 Å². The van der Waals surface area contributed by atoms with Crippen molar-refractivity contribution in [3.8, 4) is 5.75 Å². The zero-order valence-electron chi connectivity index (χ0n) is 9.86. The molecule has 0 spiro atoms. The second-order valence-electron chi connectivity index (χ2n) is 3.61. The fourth-order valence-corrected chi connectivity index (χ4v) is 2.30. The third-order valence-electron chi connectivity index (χ3n) is 2.00. The van der Waals surface area contributed by atoms with Gasteiger partial charge in [0, 0.05) is 17.1 Å². The van der Waals surface area contributed by atoms with Gasteiger partial charge in [0.05, 0.1) is 6.26 Å². The van der Waals surface area contributed by atoms with Crippen LogP contribution in [-0.2, 0) is 10.1 Å². The summed E-state index contributed by atoms with van der Waals surface area (Å²) in [5.41, 5.74) is 0.288. The van der Waals surface area contributed by atoms with Crippen LogP contribution < -0.4 is 9.50 Å². The van der Waals surface area contributed by atoms with Gasteiger partial charge in [0.25, 0.3) is 5.91 Å². The summed E-state index contributed by atoms with van der Waals surface area (Å²) in [6.07, 6.45) is 2.51. The van der Waals surface area contributed by atoms with Crippen molar-refractivity contribution in [2.45, 2.75) is 0 Å². The number of hydrogen-bond acceptors (Lipinski definition) is 6. The Balaban J connectivity index is 2.16. The van der Waals surface area contributed by atoms with E-state index in [0.29, 0.717) is 5.13 Å². The smallest absolute Gasteiger partial charge is 0.306 e. The van der Waals surface area contributed by atoms with E-state index in [9.17, 15) is 13.2 Å². The van der Waals surface area contributed by atoms with Crippen molar-refractivity contribution in [3.63, 3.8) is 0 Å². The van der Waals surface area contributed by atoms with E-state index in [0.717, 1.165) is 6.26 Å². The molecule has 0 aliphatic rings. The first kappa shape index (κ1) is 13.5. The van der Waals surface area contributed by atoms with Crippen LogP contribution >= 0.6 is 11.3 Å². The number of nitrogens with one attached hydrogen (secondary N) is 1. The van der Waals surface area contributed by atoms with E-state index in [1.807, 2.05) is 0 Å². The molecule has 6 nitrogen and oxygen atoms in total. The average Bonchev–Trinajstić information content (AvgIpc) is 2.80. The molecule has 2 rings (SSSR count). The molecule has 0 unspecified atom stereocenters. The Kier molecular flexibility index (Phi) is 3.82. The van der Waals surface area contributed by atoms with Gasteiger partial charge in [-0.05, 0) is 18.2 Å². The molecule has 0 saturated carbocycles. The standard InChI is InChI=1S/C11H10N2O4S2/c1-19(15,16)17-9-4-2-3-8(7-9)10(14)13-11-12-5-6-18-11/h2-7H,1H3,(H,12,13,14). The number of carbonyl (C=O) groups excluding carboxylic acids is 1. The molecule has 0 radical (unpaired) electrons. The molecule has 0 aliphatic heterocycles. The highest BCUT2D eigenvalue weighted by atomic mass is 32.2. The summed E-state index contributed by atoms with van der Waals surface area (Å²) in [5.74, 6) is -0.289. The number of thiazole rings is 1. The highest BCUT2D eigenvalue weighted by Crippen LogP contribution is 2.17. The predicted molar refractivity (Wildman–Crippen MR) is 72.0 cm³/mol. The van der Waals surface area contributed by atoms with Crippen LogP contribution in [0.15, 0.2) is 35.8 Å². The third kappa shape index (κ3) is 4.04. The van der Waals surface area contributed by atoms with Gasteiger partial charge in [-0.25, -0.2) is 4.98 Å². The largest absolute Gasteiger partial charge is 0.383 e. The molecular weight excluding hydrogens is 288 g/mol. The van der Waals surface area contributed by atoms with Crippen LogP contribution in [0.2, 0.25) is 0 Å². The highest BCUT2D eigenvalue weighted by Gasteiger charge is 2.10. The molecule has 1 amide bonds. The average molecular weight is 298 g/mol. The molecule has 0 bridgehead atoms. The molecule has 1 aromatic carbocycles. The highest BCUT2D eigenvalue weighted by molar-refractivity contribution is 7.86. The van der Waals surface area contributed by atoms with Crippen LogP contribution in [0.5, 0.6) is 5.75 Å². The maximum absolute atomic E-state index is 11.9. The monoisotopic (exact) mass is 298 g/mol. The lowest BCUT2D eigenvalue weighted by Crippen LogP contribution is -2.12. The number of nitrogens with zero attached hydrogens (tertiary/aromatic N) is 1. The molecular formula is C11H10N2O4S2. The lowest BCUT2D eigenvalue weighted by molar-refractivity contribution is 0.102. The van der Waals surface area contributed by atoms with Gasteiger partial charge in [-0.3, -0.25) is 10.1 Å². The topological polar surface area (TPSA) is 85.4 Å². The zero-order valence-corrected chi connectivity index (χ0v) is 11.5. The van der Waals surface area contributed by atoms with E-state index in [4.69, 9.17) is 4.18 Å². The quantitative estimate of drug-likeness (QED) is 0.869. The summed E-state index contributed by atoms with van der Waals surface area (Å²) in [5, 5.41) is 4.80. The van der Waals surface area contributed by atoms with Crippen molar-refractivity contribution in [3.05, 3.63) is 41.4 Å². The molecule has 2 aromatic rings. The van der Waals surface area contributed by atoms with Crippen molar-refractivity contribution in [2.75, 3.05) is 11.6 Å². The lowest BCUT2D eigenvalue weighted by atomic mass is 10.2. The second-order valence-corrected chi connectivity index (χ2v) is 6.08. The first-order valence-corrected chi connectivity index (χ1v) is 7.84. The van der Waals surface area contributed by atoms with Crippen molar-refractivity contribution in [2.24, 2.45) is 0 Å². The van der Waals surface area contributed by atoms with E-state index in [1.54, 1.807) is 17.6 Å². The fraction of sp³-hybridized carbons (Fsp3) is 0.0909. The van der Waals surface area contributed by atoms with Gasteiger partial charge in [-0.1, -0.05) is 6.07 Å². The number of hydrogen-bond donors (Lipinski definition) is 1. The number of benzene rings is 1. The minimum Gasteiger partial charge on any atom is -0.383 e. The summed E-state index contributed by atoms with van der Waals surface area (Å²) >= 11 is 1.29. The Hall–Kier alpha value is -1.93. The molecule has 100 valence electrons. The van der Waals surface area contributed by atoms with Crippen LogP contribution in [0.25, 0.3) is 0 Å². The summed E-state index contributed by atoms with van der Waals surface area (Å²) in [4.78, 5) is 15.8. The SMILES string of the molecule is CS(=O)(=O)Oc1cccc(C(=O)Nc2nccs2)c1. The maximum Gasteiger partial charge on any atom is 0.306 e. The van der Waals surface area contributed by atoms with Gasteiger partial charge in [0.2, 0.25) is 0 Å². The summed E-state index contributed by atoms with van der Waals surface area (Å²) in [6.45, 7) is 0. The van der Waals surface area contributed by atoms with Crippen molar-refractivity contribution in [1.82, 2.24) is 4.98 Å². The van der Waals surface area contributed by atoms with Crippen LogP contribution in [0, 0.1) is 0 Å². The fourth-order valence-electron chi connectivity index (χ4n) is 1.32. The third-order valence-corrected chi connectivity index (χ3v) is 3.18. The van der Waals surface area contributed by atoms with Gasteiger partial charge in [0.1, 0.15) is 5.75 Å². The molecule has 1 heterocycles. The minimum atomic E-state index is -3.61. The van der Waals surface area contributed by atoms with Crippen molar-refractivity contribution in [1.29, 1.82) is 0 Å². The molecule has 19 heavy (non-hydrogen) atoms. The molecule has 1 N–H and O–H groups in total. The van der Waals surface area contributed by atoms with Gasteiger partial charge in [-0.2, -0.15) is 8.42 Å². The van der Waals surface area contributed by atoms with Gasteiger partial charge >= 0.3 is 10.1 Å². The van der Waals surface area contributed by atoms with Crippen LogP contribution in [0.1, 0.15) is 10.4 Å². The van der Waals surface area contributed by atoms with E-state index in [1.165, 1.54) is 29.5 Å². The Bertz CT molecular complexity index is 680. The molecule has 0 atom stereocenters. The number of amides is 1. The molecule has 1 aromatic heterocycles. The number of anilines is 1. The maximum atomic E-state index is 11.9. The van der Waals surface area contributed by atoms with Crippen LogP contribution in [-0.4, -0.2) is 25.6 Å². The first-order valence-electron chi connectivity index (χ1n) is 5.14. The summed E-state index contributed by atoms with van der Waals surface area (Å²) < 4.78 is 26.7. The molecule has 0 aliphatic carbocycles.